The second-order valence-electron chi connectivity index (χ2n) is 6.75. The Kier molecular flexibility index (Phi) is 3.37. The molecule has 0 unspecified atom stereocenters. The standard InChI is InChI=1S/C17H21NO5/c1-21-13-5-11(6-14-15(13)23-10-22-14)7-18-8-12-3-2-4-17(12,9-18)16(19)20/h5-6,12H,2-4,7-10H2,1H3,(H,19,20)/t12-,17+/m0/s1. The lowest BCUT2D eigenvalue weighted by Crippen LogP contribution is -2.35. The third-order valence-corrected chi connectivity index (χ3v) is 5.49. The maximum Gasteiger partial charge on any atom is 0.311 e. The highest BCUT2D eigenvalue weighted by Gasteiger charge is 2.54. The van der Waals surface area contributed by atoms with Gasteiger partial charge in [-0.2, -0.15) is 0 Å². The average molecular weight is 319 g/mol. The quantitative estimate of drug-likeness (QED) is 0.917. The normalized spacial score (nSPS) is 28.8. The lowest BCUT2D eigenvalue weighted by atomic mass is 9.81. The third kappa shape index (κ3) is 2.24. The molecule has 3 aliphatic rings. The summed E-state index contributed by atoms with van der Waals surface area (Å²) in [5, 5.41) is 9.68. The minimum atomic E-state index is -0.634. The number of fused-ring (bicyclic) bond motifs is 2. The molecule has 1 aliphatic carbocycles. The molecule has 0 amide bonds. The SMILES string of the molecule is COc1cc(CN2C[C@@H]3CCC[C@@]3(C(=O)O)C2)cc2c1OCO2. The molecule has 0 radical (unpaired) electrons. The number of carboxylic acids is 1. The second-order valence-corrected chi connectivity index (χ2v) is 6.75. The van der Waals surface area contributed by atoms with Crippen LogP contribution in [-0.4, -0.2) is 43.0 Å². The fourth-order valence-corrected chi connectivity index (χ4v) is 4.40. The molecule has 1 saturated heterocycles. The highest BCUT2D eigenvalue weighted by molar-refractivity contribution is 5.76. The Morgan fingerprint density at radius 1 is 1.48 bits per heavy atom. The van der Waals surface area contributed by atoms with Crippen molar-refractivity contribution in [3.05, 3.63) is 17.7 Å². The minimum absolute atomic E-state index is 0.211. The van der Waals surface area contributed by atoms with Gasteiger partial charge in [-0.3, -0.25) is 9.69 Å². The van der Waals surface area contributed by atoms with Crippen LogP contribution in [0.25, 0.3) is 0 Å². The third-order valence-electron chi connectivity index (χ3n) is 5.49. The van der Waals surface area contributed by atoms with Gasteiger partial charge in [0.15, 0.2) is 11.5 Å². The summed E-state index contributed by atoms with van der Waals surface area (Å²) in [5.74, 6) is 1.66. The van der Waals surface area contributed by atoms with Gasteiger partial charge < -0.3 is 19.3 Å². The molecule has 4 rings (SSSR count). The van der Waals surface area contributed by atoms with Crippen molar-refractivity contribution < 1.29 is 24.1 Å². The van der Waals surface area contributed by atoms with Crippen LogP contribution in [0.1, 0.15) is 24.8 Å². The number of methoxy groups -OCH3 is 1. The molecule has 1 aromatic carbocycles. The van der Waals surface area contributed by atoms with Crippen molar-refractivity contribution in [2.45, 2.75) is 25.8 Å². The highest BCUT2D eigenvalue weighted by atomic mass is 16.7. The van der Waals surface area contributed by atoms with Crippen molar-refractivity contribution in [1.82, 2.24) is 4.90 Å². The fraction of sp³-hybridized carbons (Fsp3) is 0.588. The molecule has 23 heavy (non-hydrogen) atoms. The average Bonchev–Trinajstić information content (AvgIpc) is 3.19. The van der Waals surface area contributed by atoms with E-state index in [1.807, 2.05) is 12.1 Å². The minimum Gasteiger partial charge on any atom is -0.493 e. The Bertz CT molecular complexity index is 646. The van der Waals surface area contributed by atoms with E-state index in [1.165, 1.54) is 0 Å². The summed E-state index contributed by atoms with van der Waals surface area (Å²) in [5.41, 5.74) is 0.520. The molecule has 2 atom stereocenters. The maximum atomic E-state index is 11.8. The number of likely N-dealkylation sites (tertiary alicyclic amines) is 1. The van der Waals surface area contributed by atoms with Crippen molar-refractivity contribution in [3.63, 3.8) is 0 Å². The fourth-order valence-electron chi connectivity index (χ4n) is 4.40. The van der Waals surface area contributed by atoms with Crippen molar-refractivity contribution >= 4 is 5.97 Å². The summed E-state index contributed by atoms with van der Waals surface area (Å²) >= 11 is 0. The molecule has 2 fully saturated rings. The van der Waals surface area contributed by atoms with Gasteiger partial charge in [0.05, 0.1) is 12.5 Å². The van der Waals surface area contributed by atoms with Gasteiger partial charge in [-0.05, 0) is 36.5 Å². The summed E-state index contributed by atoms with van der Waals surface area (Å²) < 4.78 is 16.3. The molecule has 6 heteroatoms. The van der Waals surface area contributed by atoms with Crippen LogP contribution in [-0.2, 0) is 11.3 Å². The van der Waals surface area contributed by atoms with E-state index in [9.17, 15) is 9.90 Å². The predicted octanol–water partition coefficient (Wildman–Crippen LogP) is 2.11. The van der Waals surface area contributed by atoms with E-state index in [4.69, 9.17) is 14.2 Å². The van der Waals surface area contributed by atoms with Crippen LogP contribution in [0.15, 0.2) is 12.1 Å². The summed E-state index contributed by atoms with van der Waals surface area (Å²) in [6.45, 7) is 2.40. The molecule has 0 aromatic heterocycles. The van der Waals surface area contributed by atoms with Crippen LogP contribution < -0.4 is 14.2 Å². The van der Waals surface area contributed by atoms with E-state index in [-0.39, 0.29) is 12.7 Å². The highest BCUT2D eigenvalue weighted by Crippen LogP contribution is 2.49. The van der Waals surface area contributed by atoms with E-state index in [0.29, 0.717) is 30.3 Å². The Morgan fingerprint density at radius 3 is 3.09 bits per heavy atom. The van der Waals surface area contributed by atoms with Crippen molar-refractivity contribution in [1.29, 1.82) is 0 Å². The smallest absolute Gasteiger partial charge is 0.311 e. The Hall–Kier alpha value is -1.95. The molecule has 1 N–H and O–H groups in total. The molecule has 1 saturated carbocycles. The monoisotopic (exact) mass is 319 g/mol. The Balaban J connectivity index is 1.55. The van der Waals surface area contributed by atoms with Gasteiger partial charge in [-0.1, -0.05) is 6.42 Å². The molecule has 124 valence electrons. The molecule has 2 aliphatic heterocycles. The summed E-state index contributed by atoms with van der Waals surface area (Å²) in [7, 11) is 1.61. The van der Waals surface area contributed by atoms with Crippen LogP contribution in [0.3, 0.4) is 0 Å². The maximum absolute atomic E-state index is 11.8. The number of carbonyl (C=O) groups is 1. The number of hydrogen-bond donors (Lipinski definition) is 1. The van der Waals surface area contributed by atoms with Crippen LogP contribution >= 0.6 is 0 Å². The van der Waals surface area contributed by atoms with E-state index < -0.39 is 11.4 Å². The molecule has 6 nitrogen and oxygen atoms in total. The van der Waals surface area contributed by atoms with Gasteiger partial charge in [0, 0.05) is 19.6 Å². The zero-order valence-electron chi connectivity index (χ0n) is 13.2. The first-order valence-electron chi connectivity index (χ1n) is 8.04. The number of rotatable bonds is 4. The molecular formula is C17H21NO5. The first-order chi connectivity index (χ1) is 11.1. The van der Waals surface area contributed by atoms with Gasteiger partial charge in [0.1, 0.15) is 0 Å². The van der Waals surface area contributed by atoms with E-state index in [1.54, 1.807) is 7.11 Å². The Labute approximate surface area is 134 Å². The van der Waals surface area contributed by atoms with E-state index >= 15 is 0 Å². The largest absolute Gasteiger partial charge is 0.493 e. The summed E-state index contributed by atoms with van der Waals surface area (Å²) in [4.78, 5) is 14.0. The summed E-state index contributed by atoms with van der Waals surface area (Å²) in [6.07, 6.45) is 2.85. The van der Waals surface area contributed by atoms with E-state index in [2.05, 4.69) is 4.90 Å². The van der Waals surface area contributed by atoms with Gasteiger partial charge >= 0.3 is 5.97 Å². The van der Waals surface area contributed by atoms with E-state index in [0.717, 1.165) is 31.4 Å². The second kappa shape index (κ2) is 5.30. The van der Waals surface area contributed by atoms with Gasteiger partial charge in [0.2, 0.25) is 12.5 Å². The topological polar surface area (TPSA) is 68.2 Å². The first-order valence-corrected chi connectivity index (χ1v) is 8.04. The van der Waals surface area contributed by atoms with Crippen LogP contribution in [0.2, 0.25) is 0 Å². The van der Waals surface area contributed by atoms with Crippen LogP contribution in [0.5, 0.6) is 17.2 Å². The lowest BCUT2D eigenvalue weighted by Gasteiger charge is -2.23. The number of nitrogens with zero attached hydrogens (tertiary/aromatic N) is 1. The predicted molar refractivity (Wildman–Crippen MR) is 81.8 cm³/mol. The van der Waals surface area contributed by atoms with Crippen LogP contribution in [0, 0.1) is 11.3 Å². The number of carboxylic acid groups (broad SMARTS) is 1. The van der Waals surface area contributed by atoms with Crippen molar-refractivity contribution in [2.75, 3.05) is 27.0 Å². The van der Waals surface area contributed by atoms with Gasteiger partial charge in [0.25, 0.3) is 0 Å². The first kappa shape index (κ1) is 14.6. The van der Waals surface area contributed by atoms with Crippen LogP contribution in [0.4, 0.5) is 0 Å². The van der Waals surface area contributed by atoms with Crippen molar-refractivity contribution in [2.24, 2.45) is 11.3 Å². The zero-order chi connectivity index (χ0) is 16.0. The molecular weight excluding hydrogens is 298 g/mol. The van der Waals surface area contributed by atoms with Gasteiger partial charge in [-0.15, -0.1) is 0 Å². The van der Waals surface area contributed by atoms with Gasteiger partial charge in [-0.25, -0.2) is 0 Å². The molecule has 0 bridgehead atoms. The number of benzene rings is 1. The number of hydrogen-bond acceptors (Lipinski definition) is 5. The van der Waals surface area contributed by atoms with Crippen molar-refractivity contribution in [3.8, 4) is 17.2 Å². The number of aliphatic carboxylic acids is 1. The lowest BCUT2D eigenvalue weighted by molar-refractivity contribution is -0.149. The Morgan fingerprint density at radius 2 is 2.35 bits per heavy atom. The molecule has 1 aromatic rings. The molecule has 0 spiro atoms. The number of ether oxygens (including phenoxy) is 3. The molecule has 2 heterocycles. The summed E-state index contributed by atoms with van der Waals surface area (Å²) in [6, 6.07) is 3.92. The zero-order valence-corrected chi connectivity index (χ0v) is 13.2.